The average molecular weight is 255 g/mol. The number of rotatable bonds is 5. The highest BCUT2D eigenvalue weighted by molar-refractivity contribution is 6.31. The summed E-state index contributed by atoms with van der Waals surface area (Å²) < 4.78 is 10.6. The summed E-state index contributed by atoms with van der Waals surface area (Å²) in [5.74, 6) is 1.88. The first-order valence-corrected chi connectivity index (χ1v) is 5.93. The lowest BCUT2D eigenvalue weighted by atomic mass is 10.2. The van der Waals surface area contributed by atoms with E-state index in [0.717, 1.165) is 12.1 Å². The van der Waals surface area contributed by atoms with Crippen LogP contribution in [0.4, 0.5) is 0 Å². The number of halogens is 1. The van der Waals surface area contributed by atoms with Crippen molar-refractivity contribution >= 4 is 11.6 Å². The summed E-state index contributed by atoms with van der Waals surface area (Å²) in [6.45, 7) is 5.86. The van der Waals surface area contributed by atoms with Crippen LogP contribution < -0.4 is 5.32 Å². The predicted octanol–water partition coefficient (Wildman–Crippen LogP) is 3.33. The number of hydrogen-bond acceptors (Lipinski definition) is 4. The fourth-order valence-corrected chi connectivity index (χ4v) is 1.66. The Hall–Kier alpha value is -1.26. The second kappa shape index (κ2) is 5.38. The predicted molar refractivity (Wildman–Crippen MR) is 65.8 cm³/mol. The third-order valence-corrected chi connectivity index (χ3v) is 2.56. The molecule has 0 amide bonds. The van der Waals surface area contributed by atoms with Gasteiger partial charge in [-0.15, -0.1) is 0 Å². The van der Waals surface area contributed by atoms with Gasteiger partial charge in [-0.3, -0.25) is 0 Å². The summed E-state index contributed by atoms with van der Waals surface area (Å²) in [6, 6.07) is 1.76. The van der Waals surface area contributed by atoms with E-state index in [-0.39, 0.29) is 0 Å². The van der Waals surface area contributed by atoms with Gasteiger partial charge < -0.3 is 14.2 Å². The zero-order chi connectivity index (χ0) is 12.3. The number of oxazole rings is 1. The number of furan rings is 1. The highest BCUT2D eigenvalue weighted by Crippen LogP contribution is 2.29. The van der Waals surface area contributed by atoms with E-state index < -0.39 is 0 Å². The van der Waals surface area contributed by atoms with Gasteiger partial charge in [0.05, 0.1) is 24.6 Å². The van der Waals surface area contributed by atoms with E-state index in [1.807, 2.05) is 0 Å². The number of aromatic nitrogens is 1. The molecule has 0 aliphatic rings. The van der Waals surface area contributed by atoms with Gasteiger partial charge in [-0.1, -0.05) is 13.8 Å². The standard InChI is InChI=1S/C12H15ClN2O2/c1-8(2)5-14-7-11-15-6-10(17-11)9-3-4-16-12(9)13/h3-4,6,8,14H,5,7H2,1-2H3. The van der Waals surface area contributed by atoms with Crippen LogP contribution in [0.3, 0.4) is 0 Å². The Morgan fingerprint density at radius 3 is 2.94 bits per heavy atom. The largest absolute Gasteiger partial charge is 0.452 e. The molecule has 0 spiro atoms. The van der Waals surface area contributed by atoms with Crippen molar-refractivity contribution in [3.8, 4) is 11.3 Å². The third-order valence-electron chi connectivity index (χ3n) is 2.27. The maximum Gasteiger partial charge on any atom is 0.208 e. The molecule has 2 heterocycles. The monoisotopic (exact) mass is 254 g/mol. The molecule has 0 saturated heterocycles. The van der Waals surface area contributed by atoms with Crippen molar-refractivity contribution in [2.24, 2.45) is 5.92 Å². The smallest absolute Gasteiger partial charge is 0.208 e. The van der Waals surface area contributed by atoms with Crippen molar-refractivity contribution in [1.82, 2.24) is 10.3 Å². The van der Waals surface area contributed by atoms with E-state index in [4.69, 9.17) is 20.4 Å². The highest BCUT2D eigenvalue weighted by Gasteiger charge is 2.11. The van der Waals surface area contributed by atoms with Gasteiger partial charge in [-0.05, 0) is 30.1 Å². The maximum absolute atomic E-state index is 5.86. The molecule has 1 N–H and O–H groups in total. The fraction of sp³-hybridized carbons (Fsp3) is 0.417. The SMILES string of the molecule is CC(C)CNCc1ncc(-c2ccoc2Cl)o1. The summed E-state index contributed by atoms with van der Waals surface area (Å²) in [7, 11) is 0. The summed E-state index contributed by atoms with van der Waals surface area (Å²) in [4.78, 5) is 4.18. The third kappa shape index (κ3) is 3.11. The molecule has 92 valence electrons. The number of hydrogen-bond donors (Lipinski definition) is 1. The van der Waals surface area contributed by atoms with Gasteiger partial charge in [0.2, 0.25) is 11.1 Å². The van der Waals surface area contributed by atoms with Crippen LogP contribution in [0.15, 0.2) is 27.4 Å². The van der Waals surface area contributed by atoms with Gasteiger partial charge in [-0.2, -0.15) is 0 Å². The van der Waals surface area contributed by atoms with Crippen molar-refractivity contribution in [2.45, 2.75) is 20.4 Å². The topological polar surface area (TPSA) is 51.2 Å². The quantitative estimate of drug-likeness (QED) is 0.889. The Bertz CT molecular complexity index is 476. The van der Waals surface area contributed by atoms with Crippen LogP contribution >= 0.6 is 11.6 Å². The van der Waals surface area contributed by atoms with Crippen molar-refractivity contribution in [2.75, 3.05) is 6.54 Å². The molecule has 0 radical (unpaired) electrons. The number of nitrogens with zero attached hydrogens (tertiary/aromatic N) is 1. The van der Waals surface area contributed by atoms with Crippen molar-refractivity contribution in [1.29, 1.82) is 0 Å². The average Bonchev–Trinajstić information content (AvgIpc) is 2.86. The van der Waals surface area contributed by atoms with Gasteiger partial charge in [0, 0.05) is 0 Å². The molecule has 2 aromatic heterocycles. The molecule has 4 nitrogen and oxygen atoms in total. The van der Waals surface area contributed by atoms with Crippen molar-refractivity contribution in [3.05, 3.63) is 29.6 Å². The Morgan fingerprint density at radius 1 is 1.47 bits per heavy atom. The maximum atomic E-state index is 5.86. The Balaban J connectivity index is 1.99. The molecule has 0 unspecified atom stereocenters. The molecule has 0 saturated carbocycles. The van der Waals surface area contributed by atoms with E-state index in [0.29, 0.717) is 29.3 Å². The van der Waals surface area contributed by atoms with Crippen LogP contribution in [-0.4, -0.2) is 11.5 Å². The zero-order valence-corrected chi connectivity index (χ0v) is 10.6. The van der Waals surface area contributed by atoms with Crippen molar-refractivity contribution < 1.29 is 8.83 Å². The van der Waals surface area contributed by atoms with Gasteiger partial charge in [-0.25, -0.2) is 4.98 Å². The molecule has 0 bridgehead atoms. The molecule has 0 aliphatic carbocycles. The molecule has 0 fully saturated rings. The molecule has 0 aliphatic heterocycles. The van der Waals surface area contributed by atoms with E-state index in [1.165, 1.54) is 6.26 Å². The molecule has 0 atom stereocenters. The van der Waals surface area contributed by atoms with E-state index >= 15 is 0 Å². The lowest BCUT2D eigenvalue weighted by Crippen LogP contribution is -2.18. The number of nitrogens with one attached hydrogen (secondary N) is 1. The van der Waals surface area contributed by atoms with Gasteiger partial charge in [0.15, 0.2) is 5.76 Å². The van der Waals surface area contributed by atoms with Crippen molar-refractivity contribution in [3.63, 3.8) is 0 Å². The van der Waals surface area contributed by atoms with Crippen LogP contribution in [0.5, 0.6) is 0 Å². The van der Waals surface area contributed by atoms with Crippen LogP contribution in [0.25, 0.3) is 11.3 Å². The lowest BCUT2D eigenvalue weighted by Gasteiger charge is -2.04. The molecule has 0 aromatic carbocycles. The summed E-state index contributed by atoms with van der Waals surface area (Å²) in [5.41, 5.74) is 0.731. The minimum absolute atomic E-state index is 0.322. The highest BCUT2D eigenvalue weighted by atomic mass is 35.5. The van der Waals surface area contributed by atoms with E-state index in [2.05, 4.69) is 24.1 Å². The summed E-state index contributed by atoms with van der Waals surface area (Å²) in [5, 5.41) is 3.58. The first-order valence-electron chi connectivity index (χ1n) is 5.55. The second-order valence-corrected chi connectivity index (χ2v) is 4.59. The molecule has 5 heteroatoms. The molecular formula is C12H15ClN2O2. The Kier molecular flexibility index (Phi) is 3.86. The molecule has 2 aromatic rings. The normalized spacial score (nSPS) is 11.3. The fourth-order valence-electron chi connectivity index (χ4n) is 1.45. The molecular weight excluding hydrogens is 240 g/mol. The lowest BCUT2D eigenvalue weighted by molar-refractivity contribution is 0.458. The Labute approximate surface area is 105 Å². The minimum atomic E-state index is 0.322. The summed E-state index contributed by atoms with van der Waals surface area (Å²) >= 11 is 5.86. The van der Waals surface area contributed by atoms with Gasteiger partial charge in [0.25, 0.3) is 0 Å². The first kappa shape index (κ1) is 12.2. The van der Waals surface area contributed by atoms with Crippen LogP contribution in [0.1, 0.15) is 19.7 Å². The van der Waals surface area contributed by atoms with E-state index in [9.17, 15) is 0 Å². The second-order valence-electron chi connectivity index (χ2n) is 4.25. The summed E-state index contributed by atoms with van der Waals surface area (Å²) in [6.07, 6.45) is 3.18. The Morgan fingerprint density at radius 2 is 2.29 bits per heavy atom. The first-order chi connectivity index (χ1) is 8.16. The van der Waals surface area contributed by atoms with E-state index in [1.54, 1.807) is 12.3 Å². The molecule has 2 rings (SSSR count). The van der Waals surface area contributed by atoms with Crippen LogP contribution in [0, 0.1) is 5.92 Å². The van der Waals surface area contributed by atoms with Crippen LogP contribution in [0.2, 0.25) is 5.22 Å². The van der Waals surface area contributed by atoms with Gasteiger partial charge >= 0.3 is 0 Å². The van der Waals surface area contributed by atoms with Crippen LogP contribution in [-0.2, 0) is 6.54 Å². The molecule has 17 heavy (non-hydrogen) atoms. The zero-order valence-electron chi connectivity index (χ0n) is 9.87. The van der Waals surface area contributed by atoms with Gasteiger partial charge in [0.1, 0.15) is 0 Å². The minimum Gasteiger partial charge on any atom is -0.452 e.